The number of phenols is 1. The maximum absolute atomic E-state index is 13.4. The molecule has 13 nitrogen and oxygen atoms in total. The number of thiophene rings is 2. The fraction of sp³-hybridized carbons (Fsp3) is 0.390. The van der Waals surface area contributed by atoms with Gasteiger partial charge in [0.2, 0.25) is 11.2 Å². The number of aliphatic hydroxyl groups is 2. The number of amides is 1. The molecule has 57 heavy (non-hydrogen) atoms. The Morgan fingerprint density at radius 3 is 2.35 bits per heavy atom. The van der Waals surface area contributed by atoms with Crippen molar-refractivity contribution in [3.8, 4) is 17.2 Å². The molecule has 1 aliphatic rings. The Bertz CT molecular complexity index is 2160. The van der Waals surface area contributed by atoms with Gasteiger partial charge in [-0.15, -0.1) is 22.7 Å². The van der Waals surface area contributed by atoms with Gasteiger partial charge in [0.05, 0.1) is 33.5 Å². The molecular weight excluding hydrogens is 792 g/mol. The molecule has 0 aliphatic heterocycles. The number of halogens is 1. The molecule has 0 bridgehead atoms. The van der Waals surface area contributed by atoms with Crippen LogP contribution in [0.5, 0.6) is 17.2 Å². The van der Waals surface area contributed by atoms with Gasteiger partial charge in [-0.05, 0) is 79.4 Å². The van der Waals surface area contributed by atoms with E-state index < -0.39 is 17.7 Å². The smallest absolute Gasteiger partial charge is 0.349 e. The Kier molecular flexibility index (Phi) is 13.9. The second-order valence-electron chi connectivity index (χ2n) is 14.1. The van der Waals surface area contributed by atoms with Crippen molar-refractivity contribution in [3.63, 3.8) is 0 Å². The SMILES string of the molecule is COc1cc(OCC(=O)N(C)CCN(C)C2CCC(OC(=O)C(O)(c3cccs3)c3cccs3)CC2)c(Cl)cc1CNC[C@H](O)c1ccc(O)c2[nH]c(=O)ccc12. The van der Waals surface area contributed by atoms with Crippen molar-refractivity contribution in [1.29, 1.82) is 0 Å². The van der Waals surface area contributed by atoms with Gasteiger partial charge in [-0.25, -0.2) is 4.79 Å². The summed E-state index contributed by atoms with van der Waals surface area (Å²) in [5.74, 6) is -0.171. The van der Waals surface area contributed by atoms with Crippen LogP contribution in [0.3, 0.4) is 0 Å². The average Bonchev–Trinajstić information content (AvgIpc) is 3.96. The summed E-state index contributed by atoms with van der Waals surface area (Å²) in [6, 6.07) is 16.6. The minimum absolute atomic E-state index is 0.0848. The normalized spacial score (nSPS) is 16.4. The third-order valence-corrected chi connectivity index (χ3v) is 12.7. The van der Waals surface area contributed by atoms with Crippen LogP contribution >= 0.6 is 34.3 Å². The van der Waals surface area contributed by atoms with E-state index in [1.54, 1.807) is 48.3 Å². The van der Waals surface area contributed by atoms with Gasteiger partial charge >= 0.3 is 5.97 Å². The van der Waals surface area contributed by atoms with Crippen LogP contribution in [-0.2, 0) is 26.5 Å². The van der Waals surface area contributed by atoms with E-state index in [-0.39, 0.29) is 48.0 Å². The van der Waals surface area contributed by atoms with Crippen molar-refractivity contribution in [2.45, 2.75) is 56.1 Å². The molecule has 0 radical (unpaired) electrons. The molecule has 6 rings (SSSR count). The first-order chi connectivity index (χ1) is 27.4. The van der Waals surface area contributed by atoms with E-state index in [2.05, 4.69) is 15.2 Å². The van der Waals surface area contributed by atoms with Gasteiger partial charge in [0.1, 0.15) is 23.4 Å². The minimum Gasteiger partial charge on any atom is -0.506 e. The molecule has 1 aliphatic carbocycles. The lowest BCUT2D eigenvalue weighted by molar-refractivity contribution is -0.169. The standard InChI is InChI=1S/C41H47ClN4O9S2/c1-45(26-8-10-27(11-9-26)55-40(51)41(52,35-6-4-18-56-35)36-7-5-19-57-36)16-17-46(2)38(50)24-54-34-21-33(53-3)25(20-30(34)42)22-43-23-32(48)28-12-14-31(47)39-29(28)13-15-37(49)44-39/h4-7,12-15,18-21,26-27,32,43,47-48,52H,8-11,16-17,22-24H2,1-3H3,(H,44,49)/t26?,27?,32-/m0/s1. The van der Waals surface area contributed by atoms with E-state index in [1.807, 2.05) is 29.9 Å². The van der Waals surface area contributed by atoms with Gasteiger partial charge in [0.15, 0.2) is 6.61 Å². The number of fused-ring (bicyclic) bond motifs is 1. The molecule has 3 aromatic heterocycles. The van der Waals surface area contributed by atoms with E-state index >= 15 is 0 Å². The molecule has 304 valence electrons. The van der Waals surface area contributed by atoms with Crippen LogP contribution < -0.4 is 20.3 Å². The molecule has 0 unspecified atom stereocenters. The predicted octanol–water partition coefficient (Wildman–Crippen LogP) is 5.40. The monoisotopic (exact) mass is 838 g/mol. The number of aromatic hydroxyl groups is 1. The van der Waals surface area contributed by atoms with Crippen molar-refractivity contribution in [2.75, 3.05) is 47.4 Å². The zero-order chi connectivity index (χ0) is 40.7. The van der Waals surface area contributed by atoms with E-state index in [1.165, 1.54) is 41.9 Å². The number of benzene rings is 2. The average molecular weight is 839 g/mol. The van der Waals surface area contributed by atoms with E-state index in [0.29, 0.717) is 75.3 Å². The van der Waals surface area contributed by atoms with Crippen molar-refractivity contribution in [3.05, 3.63) is 108 Å². The number of hydrogen-bond donors (Lipinski definition) is 5. The highest BCUT2D eigenvalue weighted by molar-refractivity contribution is 7.12. The van der Waals surface area contributed by atoms with Crippen LogP contribution in [0.4, 0.5) is 0 Å². The van der Waals surface area contributed by atoms with E-state index in [9.17, 15) is 29.7 Å². The van der Waals surface area contributed by atoms with Crippen molar-refractivity contribution >= 4 is 57.1 Å². The molecule has 2 aromatic carbocycles. The quantitative estimate of drug-likeness (QED) is 0.0759. The zero-order valence-electron chi connectivity index (χ0n) is 31.9. The summed E-state index contributed by atoms with van der Waals surface area (Å²) >= 11 is 9.21. The van der Waals surface area contributed by atoms with Crippen LogP contribution in [-0.4, -0.2) is 102 Å². The lowest BCUT2D eigenvalue weighted by atomic mass is 9.91. The third kappa shape index (κ3) is 9.80. The number of hydrogen-bond acceptors (Lipinski definition) is 13. The summed E-state index contributed by atoms with van der Waals surface area (Å²) < 4.78 is 17.3. The van der Waals surface area contributed by atoms with Crippen LogP contribution in [0.25, 0.3) is 10.9 Å². The maximum atomic E-state index is 13.4. The number of pyridine rings is 1. The highest BCUT2D eigenvalue weighted by atomic mass is 35.5. The molecule has 1 saturated carbocycles. The molecular formula is C41H47ClN4O9S2. The van der Waals surface area contributed by atoms with E-state index in [0.717, 1.165) is 12.8 Å². The third-order valence-electron chi connectivity index (χ3n) is 10.4. The number of carbonyl (C=O) groups is 2. The van der Waals surface area contributed by atoms with Gasteiger partial charge in [0.25, 0.3) is 5.91 Å². The van der Waals surface area contributed by atoms with Crippen molar-refractivity contribution in [2.24, 2.45) is 0 Å². The van der Waals surface area contributed by atoms with E-state index in [4.69, 9.17) is 25.8 Å². The Balaban J connectivity index is 0.936. The first kappa shape index (κ1) is 42.1. The summed E-state index contributed by atoms with van der Waals surface area (Å²) in [7, 11) is 5.27. The van der Waals surface area contributed by atoms with Crippen LogP contribution in [0.1, 0.15) is 52.7 Å². The largest absolute Gasteiger partial charge is 0.506 e. The number of aliphatic hydroxyl groups excluding tert-OH is 1. The van der Waals surface area contributed by atoms with Gasteiger partial charge in [-0.3, -0.25) is 9.59 Å². The molecule has 3 heterocycles. The lowest BCUT2D eigenvalue weighted by Gasteiger charge is -2.36. The summed E-state index contributed by atoms with van der Waals surface area (Å²) in [6.45, 7) is 1.35. The molecule has 0 saturated heterocycles. The lowest BCUT2D eigenvalue weighted by Crippen LogP contribution is -2.44. The highest BCUT2D eigenvalue weighted by Crippen LogP contribution is 2.38. The number of aromatic amines is 1. The second kappa shape index (κ2) is 18.9. The number of ether oxygens (including phenoxy) is 3. The summed E-state index contributed by atoms with van der Waals surface area (Å²) in [5, 5.41) is 40.3. The molecule has 1 fully saturated rings. The van der Waals surface area contributed by atoms with Crippen LogP contribution in [0, 0.1) is 0 Å². The Morgan fingerprint density at radius 2 is 1.70 bits per heavy atom. The number of phenolic OH excluding ortho intramolecular Hbond substituents is 1. The fourth-order valence-electron chi connectivity index (χ4n) is 7.01. The molecule has 1 amide bonds. The molecule has 5 N–H and O–H groups in total. The number of nitrogens with zero attached hydrogens (tertiary/aromatic N) is 2. The Labute approximate surface area is 343 Å². The highest BCUT2D eigenvalue weighted by Gasteiger charge is 2.45. The van der Waals surface area contributed by atoms with Gasteiger partial charge in [-0.1, -0.05) is 29.8 Å². The summed E-state index contributed by atoms with van der Waals surface area (Å²) in [5.41, 5.74) is -0.671. The van der Waals surface area contributed by atoms with Gasteiger partial charge < -0.3 is 49.6 Å². The number of H-pyrrole nitrogens is 1. The first-order valence-electron chi connectivity index (χ1n) is 18.6. The number of carbonyl (C=O) groups excluding carboxylic acids is 2. The van der Waals surface area contributed by atoms with Crippen molar-refractivity contribution in [1.82, 2.24) is 20.1 Å². The molecule has 5 aromatic rings. The Hall–Kier alpha value is -4.48. The maximum Gasteiger partial charge on any atom is 0.349 e. The minimum atomic E-state index is -1.82. The number of esters is 1. The Morgan fingerprint density at radius 1 is 1.00 bits per heavy atom. The summed E-state index contributed by atoms with van der Waals surface area (Å²) in [4.78, 5) is 45.7. The summed E-state index contributed by atoms with van der Waals surface area (Å²) in [6.07, 6.45) is 1.76. The molecule has 1 atom stereocenters. The molecule has 16 heteroatoms. The number of nitrogens with one attached hydrogen (secondary N) is 2. The second-order valence-corrected chi connectivity index (χ2v) is 16.4. The number of aromatic nitrogens is 1. The number of methoxy groups -OCH3 is 1. The fourth-order valence-corrected chi connectivity index (χ4v) is 8.97. The van der Waals surface area contributed by atoms with Gasteiger partial charge in [-0.2, -0.15) is 0 Å². The topological polar surface area (TPSA) is 174 Å². The predicted molar refractivity (Wildman–Crippen MR) is 220 cm³/mol. The zero-order valence-corrected chi connectivity index (χ0v) is 34.3. The number of likely N-dealkylation sites (N-methyl/N-ethyl adjacent to an activating group) is 2. The number of rotatable bonds is 17. The van der Waals surface area contributed by atoms with Crippen LogP contribution in [0.15, 0.2) is 76.2 Å². The first-order valence-corrected chi connectivity index (χ1v) is 20.7. The molecule has 0 spiro atoms. The van der Waals surface area contributed by atoms with Crippen LogP contribution in [0.2, 0.25) is 5.02 Å². The van der Waals surface area contributed by atoms with Crippen molar-refractivity contribution < 1.29 is 39.1 Å². The van der Waals surface area contributed by atoms with Gasteiger partial charge in [0, 0.05) is 62.4 Å².